The molecule has 0 spiro atoms. The Labute approximate surface area is 133 Å². The van der Waals surface area contributed by atoms with Gasteiger partial charge in [0.2, 0.25) is 10.0 Å². The Bertz CT molecular complexity index is 817. The average Bonchev–Trinajstić information content (AvgIpc) is 2.93. The molecule has 0 radical (unpaired) electrons. The molecule has 2 rings (SSSR count). The molecule has 1 aromatic heterocycles. The first-order chi connectivity index (χ1) is 10.8. The van der Waals surface area contributed by atoms with Crippen LogP contribution in [-0.2, 0) is 23.0 Å². The zero-order valence-electron chi connectivity index (χ0n) is 12.5. The first-order valence-electron chi connectivity index (χ1n) is 6.92. The summed E-state index contributed by atoms with van der Waals surface area (Å²) in [5.74, 6) is -1.41. The van der Waals surface area contributed by atoms with Gasteiger partial charge in [0.25, 0.3) is 5.91 Å². The molecule has 124 valence electrons. The Morgan fingerprint density at radius 1 is 1.39 bits per heavy atom. The highest BCUT2D eigenvalue weighted by Gasteiger charge is 2.14. The van der Waals surface area contributed by atoms with Crippen LogP contribution in [0.25, 0.3) is 0 Å². The summed E-state index contributed by atoms with van der Waals surface area (Å²) in [5, 5.41) is 11.7. The standard InChI is InChI=1S/C14H17FN4O3S/c1-2-19-9-10(8-18-19)3-4-17-14(20)11-5-12(15)7-13(6-11)23(16,21)22/h5-9H,2-4H2,1H3,(H,17,20)(H2,16,21,22). The van der Waals surface area contributed by atoms with Gasteiger partial charge in [0.05, 0.1) is 11.1 Å². The van der Waals surface area contributed by atoms with Crippen molar-refractivity contribution in [3.05, 3.63) is 47.5 Å². The molecule has 2 aromatic rings. The van der Waals surface area contributed by atoms with Gasteiger partial charge in [-0.15, -0.1) is 0 Å². The molecule has 0 saturated carbocycles. The molecule has 1 aromatic carbocycles. The number of aryl methyl sites for hydroxylation is 1. The van der Waals surface area contributed by atoms with E-state index in [0.717, 1.165) is 30.3 Å². The Kier molecular flexibility index (Phi) is 5.12. The van der Waals surface area contributed by atoms with Crippen LogP contribution in [0.4, 0.5) is 4.39 Å². The molecule has 0 aliphatic carbocycles. The number of carbonyl (C=O) groups excluding carboxylic acids is 1. The minimum absolute atomic E-state index is 0.0988. The molecular formula is C14H17FN4O3S. The zero-order valence-corrected chi connectivity index (χ0v) is 13.3. The summed E-state index contributed by atoms with van der Waals surface area (Å²) in [4.78, 5) is 11.6. The fourth-order valence-corrected chi connectivity index (χ4v) is 2.56. The van der Waals surface area contributed by atoms with E-state index in [-0.39, 0.29) is 5.56 Å². The number of amides is 1. The Balaban J connectivity index is 2.02. The maximum Gasteiger partial charge on any atom is 0.251 e. The minimum Gasteiger partial charge on any atom is -0.352 e. The van der Waals surface area contributed by atoms with Crippen LogP contribution in [0.3, 0.4) is 0 Å². The van der Waals surface area contributed by atoms with Crippen molar-refractivity contribution in [2.45, 2.75) is 24.8 Å². The lowest BCUT2D eigenvalue weighted by molar-refractivity contribution is 0.0953. The average molecular weight is 340 g/mol. The number of sulfonamides is 1. The number of hydrogen-bond donors (Lipinski definition) is 2. The number of hydrogen-bond acceptors (Lipinski definition) is 4. The van der Waals surface area contributed by atoms with Crippen molar-refractivity contribution in [1.82, 2.24) is 15.1 Å². The van der Waals surface area contributed by atoms with E-state index in [0.29, 0.717) is 13.0 Å². The molecule has 1 amide bonds. The summed E-state index contributed by atoms with van der Waals surface area (Å²) in [6, 6.07) is 2.77. The molecule has 7 nitrogen and oxygen atoms in total. The van der Waals surface area contributed by atoms with Gasteiger partial charge in [-0.3, -0.25) is 9.48 Å². The summed E-state index contributed by atoms with van der Waals surface area (Å²) in [7, 11) is -4.08. The van der Waals surface area contributed by atoms with Gasteiger partial charge >= 0.3 is 0 Å². The van der Waals surface area contributed by atoms with Gasteiger partial charge < -0.3 is 5.32 Å². The maximum absolute atomic E-state index is 13.4. The summed E-state index contributed by atoms with van der Waals surface area (Å²) in [6.07, 6.45) is 4.13. The predicted molar refractivity (Wildman–Crippen MR) is 81.7 cm³/mol. The minimum atomic E-state index is -4.08. The van der Waals surface area contributed by atoms with Crippen LogP contribution in [0, 0.1) is 5.82 Å². The number of rotatable bonds is 6. The van der Waals surface area contributed by atoms with Crippen molar-refractivity contribution < 1.29 is 17.6 Å². The second kappa shape index (κ2) is 6.88. The third-order valence-electron chi connectivity index (χ3n) is 3.17. The molecule has 0 bridgehead atoms. The lowest BCUT2D eigenvalue weighted by Crippen LogP contribution is -2.26. The van der Waals surface area contributed by atoms with Crippen LogP contribution < -0.4 is 10.5 Å². The lowest BCUT2D eigenvalue weighted by atomic mass is 10.2. The fraction of sp³-hybridized carbons (Fsp3) is 0.286. The third kappa shape index (κ3) is 4.60. The number of halogens is 1. The Morgan fingerprint density at radius 2 is 2.13 bits per heavy atom. The number of nitrogens with two attached hydrogens (primary N) is 1. The van der Waals surface area contributed by atoms with Crippen LogP contribution in [0.1, 0.15) is 22.8 Å². The fourth-order valence-electron chi connectivity index (χ4n) is 1.99. The molecule has 0 atom stereocenters. The highest BCUT2D eigenvalue weighted by atomic mass is 32.2. The van der Waals surface area contributed by atoms with Gasteiger partial charge in [-0.2, -0.15) is 5.10 Å². The van der Waals surface area contributed by atoms with Gasteiger partial charge in [-0.05, 0) is 37.1 Å². The molecule has 9 heteroatoms. The smallest absolute Gasteiger partial charge is 0.251 e. The number of aromatic nitrogens is 2. The highest BCUT2D eigenvalue weighted by molar-refractivity contribution is 7.89. The van der Waals surface area contributed by atoms with E-state index in [9.17, 15) is 17.6 Å². The molecule has 23 heavy (non-hydrogen) atoms. The largest absolute Gasteiger partial charge is 0.352 e. The first kappa shape index (κ1) is 17.1. The maximum atomic E-state index is 13.4. The van der Waals surface area contributed by atoms with Crippen LogP contribution in [-0.4, -0.2) is 30.7 Å². The van der Waals surface area contributed by atoms with Crippen LogP contribution in [0.5, 0.6) is 0 Å². The van der Waals surface area contributed by atoms with Gasteiger partial charge in [-0.1, -0.05) is 0 Å². The van der Waals surface area contributed by atoms with Crippen molar-refractivity contribution in [1.29, 1.82) is 0 Å². The molecule has 0 saturated heterocycles. The van der Waals surface area contributed by atoms with E-state index in [1.54, 1.807) is 10.9 Å². The van der Waals surface area contributed by atoms with Gasteiger partial charge in [0.15, 0.2) is 0 Å². The van der Waals surface area contributed by atoms with Crippen molar-refractivity contribution in [3.8, 4) is 0 Å². The van der Waals surface area contributed by atoms with Crippen LogP contribution >= 0.6 is 0 Å². The first-order valence-corrected chi connectivity index (χ1v) is 8.47. The molecule has 3 N–H and O–H groups in total. The van der Waals surface area contributed by atoms with Gasteiger partial charge in [0.1, 0.15) is 5.82 Å². The van der Waals surface area contributed by atoms with Crippen molar-refractivity contribution >= 4 is 15.9 Å². The van der Waals surface area contributed by atoms with Crippen molar-refractivity contribution in [2.24, 2.45) is 5.14 Å². The topological polar surface area (TPSA) is 107 Å². The zero-order chi connectivity index (χ0) is 17.0. The third-order valence-corrected chi connectivity index (χ3v) is 4.06. The van der Waals surface area contributed by atoms with E-state index < -0.39 is 26.6 Å². The quantitative estimate of drug-likeness (QED) is 0.805. The number of carbonyl (C=O) groups is 1. The Morgan fingerprint density at radius 3 is 2.74 bits per heavy atom. The second-order valence-corrected chi connectivity index (χ2v) is 6.49. The van der Waals surface area contributed by atoms with Crippen LogP contribution in [0.2, 0.25) is 0 Å². The Hall–Kier alpha value is -2.26. The number of primary sulfonamides is 1. The van der Waals surface area contributed by atoms with E-state index in [2.05, 4.69) is 10.4 Å². The summed E-state index contributed by atoms with van der Waals surface area (Å²) < 4.78 is 37.7. The van der Waals surface area contributed by atoms with E-state index in [1.165, 1.54) is 0 Å². The van der Waals surface area contributed by atoms with E-state index in [4.69, 9.17) is 5.14 Å². The number of benzene rings is 1. The monoisotopic (exact) mass is 340 g/mol. The second-order valence-electron chi connectivity index (χ2n) is 4.93. The van der Waals surface area contributed by atoms with Crippen LogP contribution in [0.15, 0.2) is 35.5 Å². The van der Waals surface area contributed by atoms with Crippen molar-refractivity contribution in [2.75, 3.05) is 6.54 Å². The SMILES string of the molecule is CCn1cc(CCNC(=O)c2cc(F)cc(S(N)(=O)=O)c2)cn1. The predicted octanol–water partition coefficient (Wildman–Crippen LogP) is 0.662. The van der Waals surface area contributed by atoms with Crippen molar-refractivity contribution in [3.63, 3.8) is 0 Å². The number of nitrogens with one attached hydrogen (secondary N) is 1. The normalized spacial score (nSPS) is 11.4. The molecular weight excluding hydrogens is 323 g/mol. The number of nitrogens with zero attached hydrogens (tertiary/aromatic N) is 2. The van der Waals surface area contributed by atoms with Gasteiger partial charge in [-0.25, -0.2) is 17.9 Å². The summed E-state index contributed by atoms with van der Waals surface area (Å²) in [5.41, 5.74) is 0.856. The van der Waals surface area contributed by atoms with E-state index >= 15 is 0 Å². The van der Waals surface area contributed by atoms with E-state index in [1.807, 2.05) is 13.1 Å². The lowest BCUT2D eigenvalue weighted by Gasteiger charge is -2.06. The molecule has 1 heterocycles. The molecule has 0 aliphatic rings. The summed E-state index contributed by atoms with van der Waals surface area (Å²) >= 11 is 0. The summed E-state index contributed by atoms with van der Waals surface area (Å²) in [6.45, 7) is 3.03. The van der Waals surface area contributed by atoms with Gasteiger partial charge in [0, 0.05) is 24.8 Å². The molecule has 0 fully saturated rings. The molecule has 0 unspecified atom stereocenters. The molecule has 0 aliphatic heterocycles. The highest BCUT2D eigenvalue weighted by Crippen LogP contribution is 2.13.